The molecule has 0 aromatic carbocycles. The Kier molecular flexibility index (Phi) is 16.7. The number of halogens is 1. The van der Waals surface area contributed by atoms with Crippen LogP contribution in [0.2, 0.25) is 0 Å². The SMILES string of the molecule is CCC(COCCCN)(COCCC[NH3+])COCCCNI. The van der Waals surface area contributed by atoms with Crippen LogP contribution in [0, 0.1) is 5.41 Å². The predicted octanol–water partition coefficient (Wildman–Crippen LogP) is 0.743. The summed E-state index contributed by atoms with van der Waals surface area (Å²) in [5.74, 6) is 0. The highest BCUT2D eigenvalue weighted by Crippen LogP contribution is 2.24. The Hall–Kier alpha value is 0.490. The summed E-state index contributed by atoms with van der Waals surface area (Å²) in [6.07, 6.45) is 3.88. The number of hydrogen-bond donors (Lipinski definition) is 3. The molecule has 0 heterocycles. The van der Waals surface area contributed by atoms with Crippen molar-refractivity contribution in [1.82, 2.24) is 3.53 Å². The Labute approximate surface area is 149 Å². The van der Waals surface area contributed by atoms with Crippen molar-refractivity contribution in [2.75, 3.05) is 59.3 Å². The van der Waals surface area contributed by atoms with Crippen LogP contribution in [0.5, 0.6) is 0 Å². The summed E-state index contributed by atoms with van der Waals surface area (Å²) < 4.78 is 20.6. The molecule has 0 saturated carbocycles. The van der Waals surface area contributed by atoms with Crippen LogP contribution in [0.25, 0.3) is 0 Å². The van der Waals surface area contributed by atoms with Crippen molar-refractivity contribution in [3.63, 3.8) is 0 Å². The summed E-state index contributed by atoms with van der Waals surface area (Å²) in [6.45, 7) is 8.96. The standard InChI is InChI=1S/C15H34IN3O3/c1-2-15(12-20-9-3-6-17,13-21-10-4-7-18)14-22-11-5-8-19-16/h19H,2-14,17-18H2,1H3/p+1. The Morgan fingerprint density at radius 3 is 2.00 bits per heavy atom. The Morgan fingerprint density at radius 2 is 1.55 bits per heavy atom. The van der Waals surface area contributed by atoms with Crippen LogP contribution in [0.15, 0.2) is 0 Å². The third kappa shape index (κ3) is 12.0. The van der Waals surface area contributed by atoms with Gasteiger partial charge in [0.05, 0.1) is 33.0 Å². The van der Waals surface area contributed by atoms with Crippen molar-refractivity contribution in [3.05, 3.63) is 0 Å². The zero-order valence-corrected chi connectivity index (χ0v) is 16.2. The Morgan fingerprint density at radius 1 is 1.00 bits per heavy atom. The van der Waals surface area contributed by atoms with Gasteiger partial charge in [0.2, 0.25) is 0 Å². The van der Waals surface area contributed by atoms with Gasteiger partial charge in [-0.25, -0.2) is 0 Å². The van der Waals surface area contributed by atoms with Crippen LogP contribution in [-0.2, 0) is 14.2 Å². The largest absolute Gasteiger partial charge is 0.381 e. The minimum atomic E-state index is -0.0620. The number of quaternary nitrogens is 1. The summed E-state index contributed by atoms with van der Waals surface area (Å²) in [4.78, 5) is 0. The van der Waals surface area contributed by atoms with Crippen LogP contribution < -0.4 is 15.0 Å². The fourth-order valence-corrected chi connectivity index (χ4v) is 2.31. The van der Waals surface area contributed by atoms with Gasteiger partial charge in [0.25, 0.3) is 0 Å². The molecule has 0 aliphatic heterocycles. The first-order chi connectivity index (χ1) is 10.7. The van der Waals surface area contributed by atoms with E-state index >= 15 is 0 Å². The highest BCUT2D eigenvalue weighted by Gasteiger charge is 2.29. The first-order valence-corrected chi connectivity index (χ1v) is 9.38. The first kappa shape index (κ1) is 22.5. The van der Waals surface area contributed by atoms with E-state index in [-0.39, 0.29) is 5.41 Å². The molecule has 134 valence electrons. The predicted molar refractivity (Wildman–Crippen MR) is 97.9 cm³/mol. The van der Waals surface area contributed by atoms with Gasteiger partial charge >= 0.3 is 0 Å². The van der Waals surface area contributed by atoms with Crippen molar-refractivity contribution in [1.29, 1.82) is 0 Å². The monoisotopic (exact) mass is 432 g/mol. The Balaban J connectivity index is 4.21. The molecule has 0 aromatic heterocycles. The number of hydrogen-bond acceptors (Lipinski definition) is 5. The van der Waals surface area contributed by atoms with Crippen LogP contribution >= 0.6 is 22.9 Å². The quantitative estimate of drug-likeness (QED) is 0.179. The van der Waals surface area contributed by atoms with Crippen molar-refractivity contribution in [3.8, 4) is 0 Å². The molecular formula is C15H35IN3O3+. The molecule has 0 aromatic rings. The zero-order valence-electron chi connectivity index (χ0n) is 14.1. The van der Waals surface area contributed by atoms with Gasteiger partial charge in [-0.3, -0.25) is 3.53 Å². The third-order valence-electron chi connectivity index (χ3n) is 3.57. The minimum Gasteiger partial charge on any atom is -0.381 e. The highest BCUT2D eigenvalue weighted by atomic mass is 127. The summed E-state index contributed by atoms with van der Waals surface area (Å²) >= 11 is 2.15. The topological polar surface area (TPSA) is 93.4 Å². The lowest BCUT2D eigenvalue weighted by Gasteiger charge is -2.32. The van der Waals surface area contributed by atoms with E-state index in [1.165, 1.54) is 0 Å². The second-order valence-electron chi connectivity index (χ2n) is 5.60. The molecule has 0 aliphatic rings. The van der Waals surface area contributed by atoms with Crippen molar-refractivity contribution < 1.29 is 19.9 Å². The number of nitrogens with one attached hydrogen (secondary N) is 1. The lowest BCUT2D eigenvalue weighted by atomic mass is 9.88. The van der Waals surface area contributed by atoms with Gasteiger partial charge in [-0.2, -0.15) is 0 Å². The van der Waals surface area contributed by atoms with E-state index in [9.17, 15) is 0 Å². The number of ether oxygens (including phenoxy) is 3. The molecule has 0 bridgehead atoms. The number of rotatable bonds is 17. The fraction of sp³-hybridized carbons (Fsp3) is 1.00. The molecule has 22 heavy (non-hydrogen) atoms. The van der Waals surface area contributed by atoms with Crippen LogP contribution in [0.3, 0.4) is 0 Å². The summed E-state index contributed by atoms with van der Waals surface area (Å²) in [6, 6.07) is 0. The molecule has 0 spiro atoms. The van der Waals surface area contributed by atoms with Crippen molar-refractivity contribution in [2.45, 2.75) is 32.6 Å². The van der Waals surface area contributed by atoms with Gasteiger partial charge in [-0.05, 0) is 25.8 Å². The lowest BCUT2D eigenvalue weighted by Crippen LogP contribution is -2.50. The normalized spacial score (nSPS) is 14.2. The van der Waals surface area contributed by atoms with E-state index in [0.29, 0.717) is 33.0 Å². The van der Waals surface area contributed by atoms with Crippen LogP contribution in [-0.4, -0.2) is 59.3 Å². The summed E-state index contributed by atoms with van der Waals surface area (Å²) in [5, 5.41) is 0. The number of nitrogens with two attached hydrogens (primary N) is 1. The van der Waals surface area contributed by atoms with E-state index in [1.54, 1.807) is 0 Å². The molecule has 0 radical (unpaired) electrons. The van der Waals surface area contributed by atoms with Gasteiger partial charge in [-0.15, -0.1) is 0 Å². The zero-order chi connectivity index (χ0) is 16.5. The van der Waals surface area contributed by atoms with Crippen molar-refractivity contribution >= 4 is 22.9 Å². The molecule has 0 amide bonds. The third-order valence-corrected chi connectivity index (χ3v) is 4.11. The van der Waals surface area contributed by atoms with Gasteiger partial charge in [0.15, 0.2) is 0 Å². The van der Waals surface area contributed by atoms with Gasteiger partial charge in [0, 0.05) is 54.5 Å². The molecule has 6 N–H and O–H groups in total. The summed E-state index contributed by atoms with van der Waals surface area (Å²) in [5.41, 5.74) is 9.29. The molecule has 7 heteroatoms. The van der Waals surface area contributed by atoms with E-state index in [0.717, 1.165) is 52.0 Å². The molecule has 0 rings (SSSR count). The van der Waals surface area contributed by atoms with E-state index in [4.69, 9.17) is 19.9 Å². The molecule has 1 unspecified atom stereocenters. The average Bonchev–Trinajstić information content (AvgIpc) is 2.54. The molecular weight excluding hydrogens is 397 g/mol. The maximum atomic E-state index is 5.87. The maximum absolute atomic E-state index is 5.87. The highest BCUT2D eigenvalue weighted by molar-refractivity contribution is 14.1. The molecule has 1 atom stereocenters. The molecule has 6 nitrogen and oxygen atoms in total. The second kappa shape index (κ2) is 16.4. The average molecular weight is 432 g/mol. The van der Waals surface area contributed by atoms with Gasteiger partial charge in [-0.1, -0.05) is 6.92 Å². The molecule has 0 fully saturated rings. The second-order valence-corrected chi connectivity index (χ2v) is 6.36. The minimum absolute atomic E-state index is 0.0620. The first-order valence-electron chi connectivity index (χ1n) is 8.30. The Bertz CT molecular complexity index is 224. The van der Waals surface area contributed by atoms with Gasteiger partial charge < -0.3 is 25.7 Å². The van der Waals surface area contributed by atoms with Crippen molar-refractivity contribution in [2.24, 2.45) is 11.1 Å². The van der Waals surface area contributed by atoms with E-state index in [1.807, 2.05) is 0 Å². The van der Waals surface area contributed by atoms with Gasteiger partial charge in [0.1, 0.15) is 0 Å². The van der Waals surface area contributed by atoms with E-state index < -0.39 is 0 Å². The van der Waals surface area contributed by atoms with Crippen LogP contribution in [0.1, 0.15) is 32.6 Å². The lowest BCUT2D eigenvalue weighted by molar-refractivity contribution is -0.369. The molecule has 0 aliphatic carbocycles. The summed E-state index contributed by atoms with van der Waals surface area (Å²) in [7, 11) is 0. The van der Waals surface area contributed by atoms with E-state index in [2.05, 4.69) is 39.1 Å². The maximum Gasteiger partial charge on any atom is 0.0762 e. The molecule has 0 saturated heterocycles. The fourth-order valence-electron chi connectivity index (χ4n) is 1.93. The van der Waals surface area contributed by atoms with Crippen LogP contribution in [0.4, 0.5) is 0 Å². The smallest absolute Gasteiger partial charge is 0.0762 e.